The summed E-state index contributed by atoms with van der Waals surface area (Å²) < 4.78 is 10.1. The minimum Gasteiger partial charge on any atom is -0.481 e. The molecule has 1 aromatic heterocycles. The minimum atomic E-state index is -0.663. The Morgan fingerprint density at radius 3 is 2.73 bits per heavy atom. The maximum absolute atomic E-state index is 12.1. The zero-order valence-electron chi connectivity index (χ0n) is 12.4. The van der Waals surface area contributed by atoms with E-state index in [0.29, 0.717) is 23.0 Å². The molecule has 1 N–H and O–H groups in total. The summed E-state index contributed by atoms with van der Waals surface area (Å²) in [5.41, 5.74) is 1.50. The Hall–Kier alpha value is -2.11. The topological polar surface area (TPSA) is 60.5 Å². The second-order valence-corrected chi connectivity index (χ2v) is 4.94. The molecular formula is C16H17ClN2O3. The fraction of sp³-hybridized carbons (Fsp3) is 0.250. The highest BCUT2D eigenvalue weighted by Gasteiger charge is 2.23. The van der Waals surface area contributed by atoms with E-state index >= 15 is 0 Å². The molecule has 116 valence electrons. The van der Waals surface area contributed by atoms with Gasteiger partial charge in [0.15, 0.2) is 0 Å². The van der Waals surface area contributed by atoms with E-state index in [4.69, 9.17) is 21.1 Å². The number of methoxy groups -OCH3 is 2. The van der Waals surface area contributed by atoms with E-state index in [1.54, 1.807) is 25.4 Å². The maximum atomic E-state index is 12.1. The van der Waals surface area contributed by atoms with Crippen molar-refractivity contribution < 1.29 is 14.3 Å². The summed E-state index contributed by atoms with van der Waals surface area (Å²) in [6.07, 6.45) is 1.65. The lowest BCUT2D eigenvalue weighted by atomic mass is 10.1. The molecule has 0 fully saturated rings. The monoisotopic (exact) mass is 320 g/mol. The van der Waals surface area contributed by atoms with Crippen molar-refractivity contribution in [1.29, 1.82) is 0 Å². The van der Waals surface area contributed by atoms with Gasteiger partial charge in [0, 0.05) is 23.3 Å². The predicted molar refractivity (Wildman–Crippen MR) is 83.8 cm³/mol. The molecule has 1 atom stereocenters. The summed E-state index contributed by atoms with van der Waals surface area (Å²) in [4.78, 5) is 16.2. The normalized spacial score (nSPS) is 11.8. The van der Waals surface area contributed by atoms with E-state index in [0.717, 1.165) is 5.56 Å². The zero-order valence-corrected chi connectivity index (χ0v) is 13.1. The van der Waals surface area contributed by atoms with Gasteiger partial charge in [-0.25, -0.2) is 9.78 Å². The van der Waals surface area contributed by atoms with Crippen molar-refractivity contribution >= 4 is 17.6 Å². The summed E-state index contributed by atoms with van der Waals surface area (Å²) in [5, 5.41) is 3.64. The number of aromatic nitrogens is 1. The van der Waals surface area contributed by atoms with Gasteiger partial charge in [0.25, 0.3) is 0 Å². The molecule has 1 unspecified atom stereocenters. The minimum absolute atomic E-state index is 0.391. The second kappa shape index (κ2) is 7.77. The fourth-order valence-corrected chi connectivity index (χ4v) is 2.35. The van der Waals surface area contributed by atoms with Crippen molar-refractivity contribution in [3.8, 4) is 5.88 Å². The number of carbonyl (C=O) groups excluding carboxylic acids is 1. The molecule has 1 heterocycles. The molecule has 0 aliphatic carbocycles. The second-order valence-electron chi connectivity index (χ2n) is 4.53. The van der Waals surface area contributed by atoms with Gasteiger partial charge in [0.05, 0.1) is 14.2 Å². The molecule has 2 aromatic rings. The number of hydrogen-bond donors (Lipinski definition) is 1. The highest BCUT2D eigenvalue weighted by molar-refractivity contribution is 6.31. The highest BCUT2D eigenvalue weighted by atomic mass is 35.5. The van der Waals surface area contributed by atoms with Gasteiger partial charge in [0.2, 0.25) is 5.88 Å². The van der Waals surface area contributed by atoms with Crippen LogP contribution < -0.4 is 10.1 Å². The zero-order chi connectivity index (χ0) is 15.9. The van der Waals surface area contributed by atoms with Crippen LogP contribution in [0.3, 0.4) is 0 Å². The smallest absolute Gasteiger partial charge is 0.327 e. The number of ether oxygens (including phenoxy) is 2. The van der Waals surface area contributed by atoms with Crippen molar-refractivity contribution in [3.63, 3.8) is 0 Å². The molecular weight excluding hydrogens is 304 g/mol. The average Bonchev–Trinajstić information content (AvgIpc) is 2.56. The summed E-state index contributed by atoms with van der Waals surface area (Å²) in [6, 6.07) is 10.2. The Kier molecular flexibility index (Phi) is 5.75. The molecule has 1 aromatic carbocycles. The van der Waals surface area contributed by atoms with E-state index < -0.39 is 12.0 Å². The Balaban J connectivity index is 2.21. The summed E-state index contributed by atoms with van der Waals surface area (Å²) >= 11 is 6.18. The first-order chi connectivity index (χ1) is 10.7. The summed E-state index contributed by atoms with van der Waals surface area (Å²) in [7, 11) is 2.90. The molecule has 0 bridgehead atoms. The number of nitrogens with one attached hydrogen (secondary N) is 1. The Morgan fingerprint density at radius 2 is 2.05 bits per heavy atom. The first-order valence-corrected chi connectivity index (χ1v) is 7.08. The van der Waals surface area contributed by atoms with Crippen molar-refractivity contribution in [2.45, 2.75) is 12.6 Å². The lowest BCUT2D eigenvalue weighted by Gasteiger charge is -2.18. The molecule has 0 aliphatic heterocycles. The Labute approximate surface area is 134 Å². The summed E-state index contributed by atoms with van der Waals surface area (Å²) in [5.74, 6) is 0.105. The van der Waals surface area contributed by atoms with Crippen molar-refractivity contribution in [1.82, 2.24) is 10.3 Å². The number of hydrogen-bond acceptors (Lipinski definition) is 5. The SMILES string of the molecule is COC(=O)C(NCc1cccnc1OC)c1ccccc1Cl. The molecule has 0 radical (unpaired) electrons. The van der Waals surface area contributed by atoms with Gasteiger partial charge in [-0.05, 0) is 17.7 Å². The van der Waals surface area contributed by atoms with Gasteiger partial charge in [-0.3, -0.25) is 5.32 Å². The number of benzene rings is 1. The van der Waals surface area contributed by atoms with E-state index in [2.05, 4.69) is 10.3 Å². The Morgan fingerprint density at radius 1 is 1.27 bits per heavy atom. The van der Waals surface area contributed by atoms with Crippen LogP contribution in [-0.2, 0) is 16.1 Å². The molecule has 0 amide bonds. The lowest BCUT2D eigenvalue weighted by molar-refractivity contribution is -0.143. The quantitative estimate of drug-likeness (QED) is 0.829. The third-order valence-electron chi connectivity index (χ3n) is 3.19. The third-order valence-corrected chi connectivity index (χ3v) is 3.54. The van der Waals surface area contributed by atoms with Crippen molar-refractivity contribution in [3.05, 3.63) is 58.7 Å². The van der Waals surface area contributed by atoms with Crippen LogP contribution in [0, 0.1) is 0 Å². The molecule has 5 nitrogen and oxygen atoms in total. The van der Waals surface area contributed by atoms with Crippen LogP contribution in [0.5, 0.6) is 5.88 Å². The Bertz CT molecular complexity index is 649. The van der Waals surface area contributed by atoms with Crippen LogP contribution in [0.15, 0.2) is 42.6 Å². The molecule has 22 heavy (non-hydrogen) atoms. The third kappa shape index (κ3) is 3.75. The summed E-state index contributed by atoms with van der Waals surface area (Å²) in [6.45, 7) is 0.391. The first-order valence-electron chi connectivity index (χ1n) is 6.71. The maximum Gasteiger partial charge on any atom is 0.327 e. The van der Waals surface area contributed by atoms with Crippen LogP contribution in [0.4, 0.5) is 0 Å². The lowest BCUT2D eigenvalue weighted by Crippen LogP contribution is -2.29. The van der Waals surface area contributed by atoms with Gasteiger partial charge in [0.1, 0.15) is 6.04 Å². The van der Waals surface area contributed by atoms with Crippen LogP contribution in [0.1, 0.15) is 17.2 Å². The van der Waals surface area contributed by atoms with Crippen LogP contribution in [0.2, 0.25) is 5.02 Å². The molecule has 0 saturated heterocycles. The van der Waals surface area contributed by atoms with Crippen molar-refractivity contribution in [2.75, 3.05) is 14.2 Å². The number of halogens is 1. The van der Waals surface area contributed by atoms with Crippen LogP contribution in [0.25, 0.3) is 0 Å². The molecule has 6 heteroatoms. The van der Waals surface area contributed by atoms with Crippen LogP contribution in [-0.4, -0.2) is 25.2 Å². The number of pyridine rings is 1. The van der Waals surface area contributed by atoms with Crippen LogP contribution >= 0.6 is 11.6 Å². The molecule has 0 aliphatic rings. The first kappa shape index (κ1) is 16.3. The van der Waals surface area contributed by atoms with Crippen molar-refractivity contribution in [2.24, 2.45) is 0 Å². The van der Waals surface area contributed by atoms with Gasteiger partial charge in [-0.1, -0.05) is 35.9 Å². The number of rotatable bonds is 6. The highest BCUT2D eigenvalue weighted by Crippen LogP contribution is 2.24. The van der Waals surface area contributed by atoms with Gasteiger partial charge in [-0.2, -0.15) is 0 Å². The van der Waals surface area contributed by atoms with E-state index in [9.17, 15) is 4.79 Å². The van der Waals surface area contributed by atoms with Gasteiger partial charge in [-0.15, -0.1) is 0 Å². The average molecular weight is 321 g/mol. The molecule has 0 saturated carbocycles. The predicted octanol–water partition coefficient (Wildman–Crippen LogP) is 2.75. The van der Waals surface area contributed by atoms with E-state index in [1.165, 1.54) is 7.11 Å². The number of carbonyl (C=O) groups is 1. The fourth-order valence-electron chi connectivity index (χ4n) is 2.10. The number of nitrogens with zero attached hydrogens (tertiary/aromatic N) is 1. The van der Waals surface area contributed by atoms with E-state index in [-0.39, 0.29) is 0 Å². The van der Waals surface area contributed by atoms with Gasteiger partial charge < -0.3 is 9.47 Å². The van der Waals surface area contributed by atoms with E-state index in [1.807, 2.05) is 24.3 Å². The standard InChI is InChI=1S/C16H17ClN2O3/c1-21-15-11(6-5-9-18-15)10-19-14(16(20)22-2)12-7-3-4-8-13(12)17/h3-9,14,19H,10H2,1-2H3. The molecule has 2 rings (SSSR count). The largest absolute Gasteiger partial charge is 0.481 e. The van der Waals surface area contributed by atoms with Gasteiger partial charge >= 0.3 is 5.97 Å². The molecule has 0 spiro atoms. The number of esters is 1.